The predicted octanol–water partition coefficient (Wildman–Crippen LogP) is 3.61. The highest BCUT2D eigenvalue weighted by atomic mass is 35.5. The summed E-state index contributed by atoms with van der Waals surface area (Å²) in [6.07, 6.45) is 3.17. The highest BCUT2D eigenvalue weighted by molar-refractivity contribution is 6.30. The standard InChI is InChI=1S/C13H14ClN3/c1-9-5-3-4-6-12(9)10(2)17-13-15-7-11(14)8-16-13/h3-8,10H,1-2H3,(H,15,16,17). The van der Waals surface area contributed by atoms with Crippen LogP contribution in [0.25, 0.3) is 0 Å². The van der Waals surface area contributed by atoms with Crippen LogP contribution in [-0.4, -0.2) is 9.97 Å². The Kier molecular flexibility index (Phi) is 3.59. The molecule has 88 valence electrons. The van der Waals surface area contributed by atoms with E-state index in [1.54, 1.807) is 12.4 Å². The van der Waals surface area contributed by atoms with Crippen molar-refractivity contribution in [3.05, 3.63) is 52.8 Å². The predicted molar refractivity (Wildman–Crippen MR) is 70.3 cm³/mol. The molecule has 0 amide bonds. The largest absolute Gasteiger partial charge is 0.348 e. The number of nitrogens with zero attached hydrogens (tertiary/aromatic N) is 2. The fraction of sp³-hybridized carbons (Fsp3) is 0.231. The summed E-state index contributed by atoms with van der Waals surface area (Å²) in [5, 5.41) is 3.79. The molecule has 2 aromatic rings. The Labute approximate surface area is 106 Å². The monoisotopic (exact) mass is 247 g/mol. The summed E-state index contributed by atoms with van der Waals surface area (Å²) in [5.41, 5.74) is 2.49. The molecule has 0 radical (unpaired) electrons. The molecule has 0 aliphatic heterocycles. The van der Waals surface area contributed by atoms with Crippen LogP contribution in [0.5, 0.6) is 0 Å². The maximum Gasteiger partial charge on any atom is 0.223 e. The van der Waals surface area contributed by atoms with Crippen molar-refractivity contribution in [2.24, 2.45) is 0 Å². The van der Waals surface area contributed by atoms with E-state index in [0.29, 0.717) is 11.0 Å². The van der Waals surface area contributed by atoms with Gasteiger partial charge in [0.05, 0.1) is 23.5 Å². The van der Waals surface area contributed by atoms with Crippen molar-refractivity contribution in [3.63, 3.8) is 0 Å². The fourth-order valence-corrected chi connectivity index (χ4v) is 1.83. The average Bonchev–Trinajstić information content (AvgIpc) is 2.32. The molecule has 0 spiro atoms. The molecular weight excluding hydrogens is 234 g/mol. The lowest BCUT2D eigenvalue weighted by molar-refractivity contribution is 0.852. The van der Waals surface area contributed by atoms with E-state index in [-0.39, 0.29) is 6.04 Å². The first-order chi connectivity index (χ1) is 8.16. The van der Waals surface area contributed by atoms with E-state index in [0.717, 1.165) is 0 Å². The Bertz CT molecular complexity index is 496. The Hall–Kier alpha value is -1.61. The number of nitrogens with one attached hydrogen (secondary N) is 1. The average molecular weight is 248 g/mol. The molecule has 4 heteroatoms. The first kappa shape index (κ1) is 11.9. The molecular formula is C13H14ClN3. The zero-order valence-electron chi connectivity index (χ0n) is 9.81. The van der Waals surface area contributed by atoms with Gasteiger partial charge in [0.2, 0.25) is 5.95 Å². The van der Waals surface area contributed by atoms with Crippen molar-refractivity contribution in [1.82, 2.24) is 9.97 Å². The van der Waals surface area contributed by atoms with Crippen molar-refractivity contribution in [2.75, 3.05) is 5.32 Å². The minimum atomic E-state index is 0.164. The quantitative estimate of drug-likeness (QED) is 0.900. The van der Waals surface area contributed by atoms with E-state index in [1.165, 1.54) is 11.1 Å². The molecule has 1 aromatic heterocycles. The van der Waals surface area contributed by atoms with E-state index in [2.05, 4.69) is 41.3 Å². The number of halogens is 1. The molecule has 1 N–H and O–H groups in total. The molecule has 0 fully saturated rings. The number of aryl methyl sites for hydroxylation is 1. The second kappa shape index (κ2) is 5.15. The van der Waals surface area contributed by atoms with Crippen LogP contribution in [-0.2, 0) is 0 Å². The Balaban J connectivity index is 2.14. The second-order valence-electron chi connectivity index (χ2n) is 3.95. The van der Waals surface area contributed by atoms with Gasteiger partial charge in [-0.05, 0) is 25.0 Å². The smallest absolute Gasteiger partial charge is 0.223 e. The van der Waals surface area contributed by atoms with Gasteiger partial charge >= 0.3 is 0 Å². The van der Waals surface area contributed by atoms with E-state index in [1.807, 2.05) is 12.1 Å². The van der Waals surface area contributed by atoms with Gasteiger partial charge in [-0.3, -0.25) is 0 Å². The molecule has 1 aromatic carbocycles. The van der Waals surface area contributed by atoms with Crippen molar-refractivity contribution in [1.29, 1.82) is 0 Å². The number of hydrogen-bond acceptors (Lipinski definition) is 3. The van der Waals surface area contributed by atoms with Crippen LogP contribution < -0.4 is 5.32 Å². The summed E-state index contributed by atoms with van der Waals surface area (Å²) in [7, 11) is 0. The zero-order chi connectivity index (χ0) is 12.3. The first-order valence-corrected chi connectivity index (χ1v) is 5.84. The number of aromatic nitrogens is 2. The van der Waals surface area contributed by atoms with Gasteiger partial charge in [0.1, 0.15) is 0 Å². The number of rotatable bonds is 3. The van der Waals surface area contributed by atoms with Crippen molar-refractivity contribution >= 4 is 17.5 Å². The summed E-state index contributed by atoms with van der Waals surface area (Å²) < 4.78 is 0. The summed E-state index contributed by atoms with van der Waals surface area (Å²) in [6.45, 7) is 4.18. The van der Waals surface area contributed by atoms with Crippen LogP contribution in [0.3, 0.4) is 0 Å². The molecule has 0 saturated heterocycles. The topological polar surface area (TPSA) is 37.8 Å². The van der Waals surface area contributed by atoms with Gasteiger partial charge < -0.3 is 5.32 Å². The maximum absolute atomic E-state index is 5.74. The molecule has 1 atom stereocenters. The first-order valence-electron chi connectivity index (χ1n) is 5.46. The van der Waals surface area contributed by atoms with E-state index in [4.69, 9.17) is 11.6 Å². The normalized spacial score (nSPS) is 12.2. The van der Waals surface area contributed by atoms with Gasteiger partial charge in [0.25, 0.3) is 0 Å². The molecule has 1 unspecified atom stereocenters. The summed E-state index contributed by atoms with van der Waals surface area (Å²) in [6, 6.07) is 8.42. The van der Waals surface area contributed by atoms with Gasteiger partial charge in [-0.1, -0.05) is 35.9 Å². The summed E-state index contributed by atoms with van der Waals surface area (Å²) in [5.74, 6) is 0.588. The Morgan fingerprint density at radius 3 is 2.47 bits per heavy atom. The third-order valence-electron chi connectivity index (χ3n) is 2.62. The lowest BCUT2D eigenvalue weighted by Gasteiger charge is -2.16. The van der Waals surface area contributed by atoms with E-state index in [9.17, 15) is 0 Å². The van der Waals surface area contributed by atoms with E-state index < -0.39 is 0 Å². The summed E-state index contributed by atoms with van der Waals surface area (Å²) in [4.78, 5) is 8.24. The van der Waals surface area contributed by atoms with Gasteiger partial charge in [0.15, 0.2) is 0 Å². The number of anilines is 1. The number of benzene rings is 1. The van der Waals surface area contributed by atoms with Crippen LogP contribution in [0.1, 0.15) is 24.1 Å². The van der Waals surface area contributed by atoms with Crippen LogP contribution in [0, 0.1) is 6.92 Å². The molecule has 0 bridgehead atoms. The highest BCUT2D eigenvalue weighted by Crippen LogP contribution is 2.20. The number of hydrogen-bond donors (Lipinski definition) is 1. The van der Waals surface area contributed by atoms with E-state index >= 15 is 0 Å². The van der Waals surface area contributed by atoms with Gasteiger partial charge in [-0.2, -0.15) is 0 Å². The molecule has 0 aliphatic rings. The molecule has 1 heterocycles. The SMILES string of the molecule is Cc1ccccc1C(C)Nc1ncc(Cl)cn1. The second-order valence-corrected chi connectivity index (χ2v) is 4.38. The van der Waals surface area contributed by atoms with Crippen molar-refractivity contribution in [2.45, 2.75) is 19.9 Å². The van der Waals surface area contributed by atoms with Gasteiger partial charge in [0, 0.05) is 0 Å². The molecule has 0 aliphatic carbocycles. The lowest BCUT2D eigenvalue weighted by Crippen LogP contribution is -2.10. The van der Waals surface area contributed by atoms with Crippen LogP contribution >= 0.6 is 11.6 Å². The maximum atomic E-state index is 5.74. The molecule has 2 rings (SSSR count). The Morgan fingerprint density at radius 2 is 1.82 bits per heavy atom. The zero-order valence-corrected chi connectivity index (χ0v) is 10.6. The Morgan fingerprint density at radius 1 is 1.18 bits per heavy atom. The van der Waals surface area contributed by atoms with Gasteiger partial charge in [-0.15, -0.1) is 0 Å². The summed E-state index contributed by atoms with van der Waals surface area (Å²) >= 11 is 5.74. The van der Waals surface area contributed by atoms with Crippen molar-refractivity contribution in [3.8, 4) is 0 Å². The van der Waals surface area contributed by atoms with Crippen LogP contribution in [0.15, 0.2) is 36.7 Å². The highest BCUT2D eigenvalue weighted by Gasteiger charge is 2.08. The fourth-order valence-electron chi connectivity index (χ4n) is 1.73. The van der Waals surface area contributed by atoms with Gasteiger partial charge in [-0.25, -0.2) is 9.97 Å². The van der Waals surface area contributed by atoms with Crippen molar-refractivity contribution < 1.29 is 0 Å². The minimum Gasteiger partial charge on any atom is -0.348 e. The van der Waals surface area contributed by atoms with Crippen LogP contribution in [0.2, 0.25) is 5.02 Å². The molecule has 0 saturated carbocycles. The molecule has 3 nitrogen and oxygen atoms in total. The molecule has 17 heavy (non-hydrogen) atoms. The van der Waals surface area contributed by atoms with Crippen LogP contribution in [0.4, 0.5) is 5.95 Å². The minimum absolute atomic E-state index is 0.164. The third-order valence-corrected chi connectivity index (χ3v) is 2.82. The third kappa shape index (κ3) is 2.94. The lowest BCUT2D eigenvalue weighted by atomic mass is 10.0.